The predicted octanol–water partition coefficient (Wildman–Crippen LogP) is 12.4. The zero-order chi connectivity index (χ0) is 38.9. The molecule has 10 heteroatoms. The van der Waals surface area contributed by atoms with Crippen LogP contribution in [0.4, 0.5) is 0 Å². The van der Waals surface area contributed by atoms with Crippen LogP contribution in [0.5, 0.6) is 0 Å². The van der Waals surface area contributed by atoms with Gasteiger partial charge in [0.15, 0.2) is 6.10 Å². The fourth-order valence-corrected chi connectivity index (χ4v) is 6.83. The molecule has 0 saturated carbocycles. The first kappa shape index (κ1) is 51.5. The Bertz CT molecular complexity index is 928. The maximum Gasteiger partial charge on any atom is 0.472 e. The van der Waals surface area contributed by atoms with Crippen LogP contribution in [0, 0.1) is 0 Å². The molecular weight excluding hydrogens is 689 g/mol. The zero-order valence-corrected chi connectivity index (χ0v) is 35.2. The third-order valence-electron chi connectivity index (χ3n) is 9.32. The molecule has 0 radical (unpaired) electrons. The van der Waals surface area contributed by atoms with Gasteiger partial charge in [0.1, 0.15) is 6.61 Å². The molecule has 1 unspecified atom stereocenters. The van der Waals surface area contributed by atoms with E-state index in [1.54, 1.807) is 0 Å². The molecule has 0 aliphatic carbocycles. The molecule has 0 aliphatic rings. The van der Waals surface area contributed by atoms with Gasteiger partial charge < -0.3 is 20.1 Å². The number of phosphoric acid groups is 1. The molecule has 0 spiro atoms. The first-order chi connectivity index (χ1) is 25.8. The molecule has 0 saturated heterocycles. The summed E-state index contributed by atoms with van der Waals surface area (Å²) in [5.74, 6) is -0.876. The van der Waals surface area contributed by atoms with Gasteiger partial charge in [-0.25, -0.2) is 4.57 Å². The Morgan fingerprint density at radius 1 is 0.547 bits per heavy atom. The quantitative estimate of drug-likeness (QED) is 0.0269. The summed E-state index contributed by atoms with van der Waals surface area (Å²) in [5.41, 5.74) is 5.33. The highest BCUT2D eigenvalue weighted by atomic mass is 31.2. The average molecular weight is 772 g/mol. The van der Waals surface area contributed by atoms with E-state index in [1.807, 2.05) is 0 Å². The highest BCUT2D eigenvalue weighted by molar-refractivity contribution is 7.47. The van der Waals surface area contributed by atoms with Crippen molar-refractivity contribution in [2.24, 2.45) is 5.73 Å². The topological polar surface area (TPSA) is 134 Å². The molecule has 0 rings (SSSR count). The number of unbranched alkanes of at least 4 members (excludes halogenated alkanes) is 24. The minimum Gasteiger partial charge on any atom is -0.462 e. The van der Waals surface area contributed by atoms with Gasteiger partial charge in [-0.3, -0.25) is 18.6 Å². The number of carbonyl (C=O) groups is 2. The number of hydrogen-bond acceptors (Lipinski definition) is 8. The lowest BCUT2D eigenvalue weighted by atomic mass is 10.0. The molecule has 312 valence electrons. The molecule has 0 aromatic carbocycles. The third-order valence-corrected chi connectivity index (χ3v) is 10.3. The molecule has 0 aromatic heterocycles. The van der Waals surface area contributed by atoms with Crippen LogP contribution in [0.1, 0.15) is 206 Å². The molecular formula is C43H82NO8P. The number of carbonyl (C=O) groups excluding carboxylic acids is 2. The van der Waals surface area contributed by atoms with E-state index in [9.17, 15) is 19.0 Å². The van der Waals surface area contributed by atoms with Gasteiger partial charge in [-0.15, -0.1) is 0 Å². The van der Waals surface area contributed by atoms with Crippen molar-refractivity contribution in [3.63, 3.8) is 0 Å². The van der Waals surface area contributed by atoms with Crippen molar-refractivity contribution in [3.05, 3.63) is 24.3 Å². The molecule has 0 aliphatic heterocycles. The average Bonchev–Trinajstić information content (AvgIpc) is 3.14. The van der Waals surface area contributed by atoms with Gasteiger partial charge in [0.2, 0.25) is 0 Å². The molecule has 0 bridgehead atoms. The summed E-state index contributed by atoms with van der Waals surface area (Å²) >= 11 is 0. The minimum absolute atomic E-state index is 0.0501. The van der Waals surface area contributed by atoms with Crippen molar-refractivity contribution in [1.29, 1.82) is 0 Å². The van der Waals surface area contributed by atoms with Gasteiger partial charge in [-0.05, 0) is 44.9 Å². The van der Waals surface area contributed by atoms with Crippen LogP contribution in [0.25, 0.3) is 0 Å². The van der Waals surface area contributed by atoms with E-state index < -0.39 is 32.5 Å². The van der Waals surface area contributed by atoms with Crippen molar-refractivity contribution in [2.45, 2.75) is 213 Å². The van der Waals surface area contributed by atoms with Crippen LogP contribution in [-0.4, -0.2) is 49.3 Å². The Morgan fingerprint density at radius 3 is 1.45 bits per heavy atom. The largest absolute Gasteiger partial charge is 0.472 e. The summed E-state index contributed by atoms with van der Waals surface area (Å²) in [6, 6.07) is 0. The lowest BCUT2D eigenvalue weighted by molar-refractivity contribution is -0.161. The fraction of sp³-hybridized carbons (Fsp3) is 0.860. The molecule has 0 amide bonds. The Kier molecular flexibility index (Phi) is 39.0. The van der Waals surface area contributed by atoms with Gasteiger partial charge in [0.05, 0.1) is 13.2 Å². The second-order valence-corrected chi connectivity index (χ2v) is 16.0. The summed E-state index contributed by atoms with van der Waals surface area (Å²) in [7, 11) is -4.37. The highest BCUT2D eigenvalue weighted by Gasteiger charge is 2.26. The number of nitrogens with two attached hydrogens (primary N) is 1. The highest BCUT2D eigenvalue weighted by Crippen LogP contribution is 2.43. The summed E-state index contributed by atoms with van der Waals surface area (Å²) in [6.45, 7) is 3.68. The molecule has 0 fully saturated rings. The normalized spacial score (nSPS) is 13.5. The monoisotopic (exact) mass is 772 g/mol. The van der Waals surface area contributed by atoms with Crippen molar-refractivity contribution in [2.75, 3.05) is 26.4 Å². The van der Waals surface area contributed by atoms with Gasteiger partial charge in [0, 0.05) is 19.4 Å². The Hall–Kier alpha value is -1.51. The minimum atomic E-state index is -4.37. The van der Waals surface area contributed by atoms with E-state index in [2.05, 4.69) is 38.2 Å². The number of esters is 2. The van der Waals surface area contributed by atoms with E-state index in [1.165, 1.54) is 122 Å². The smallest absolute Gasteiger partial charge is 0.462 e. The lowest BCUT2D eigenvalue weighted by Crippen LogP contribution is -2.29. The van der Waals surface area contributed by atoms with Crippen LogP contribution >= 0.6 is 7.82 Å². The zero-order valence-electron chi connectivity index (χ0n) is 34.3. The van der Waals surface area contributed by atoms with Gasteiger partial charge >= 0.3 is 19.8 Å². The maximum absolute atomic E-state index is 12.5. The summed E-state index contributed by atoms with van der Waals surface area (Å²) in [4.78, 5) is 34.7. The second-order valence-electron chi connectivity index (χ2n) is 14.6. The standard InChI is InChI=1S/C43H82NO8P/c1-3-5-7-9-11-13-14-15-16-17-18-19-20-21-22-23-24-25-26-28-29-31-33-35-42(45)49-39-41(40-51-53(47,48)50-38-37-44)52-43(46)36-34-32-30-27-12-10-8-6-4-2/h23-24,28-29,41H,3-22,25-27,30-40,44H2,1-2H3,(H,47,48)/b24-23+,29-28+/t41-/m0/s1. The summed E-state index contributed by atoms with van der Waals surface area (Å²) in [5, 5.41) is 0. The Labute approximate surface area is 325 Å². The van der Waals surface area contributed by atoms with Crippen LogP contribution in [-0.2, 0) is 32.7 Å². The maximum atomic E-state index is 12.5. The number of hydrogen-bond donors (Lipinski definition) is 2. The van der Waals surface area contributed by atoms with Gasteiger partial charge in [0.25, 0.3) is 0 Å². The fourth-order valence-electron chi connectivity index (χ4n) is 6.07. The lowest BCUT2D eigenvalue weighted by Gasteiger charge is -2.19. The Balaban J connectivity index is 4.06. The van der Waals surface area contributed by atoms with E-state index >= 15 is 0 Å². The second kappa shape index (κ2) is 40.2. The van der Waals surface area contributed by atoms with E-state index in [-0.39, 0.29) is 32.6 Å². The van der Waals surface area contributed by atoms with Crippen molar-refractivity contribution in [1.82, 2.24) is 0 Å². The number of phosphoric ester groups is 1. The van der Waals surface area contributed by atoms with Crippen LogP contribution in [0.2, 0.25) is 0 Å². The van der Waals surface area contributed by atoms with E-state index in [4.69, 9.17) is 24.3 Å². The van der Waals surface area contributed by atoms with Crippen molar-refractivity contribution < 1.29 is 37.6 Å². The van der Waals surface area contributed by atoms with Gasteiger partial charge in [-0.2, -0.15) is 0 Å². The summed E-state index contributed by atoms with van der Waals surface area (Å²) in [6.07, 6.45) is 42.4. The molecule has 2 atom stereocenters. The molecule has 0 heterocycles. The molecule has 0 aromatic rings. The van der Waals surface area contributed by atoms with Crippen LogP contribution in [0.3, 0.4) is 0 Å². The predicted molar refractivity (Wildman–Crippen MR) is 220 cm³/mol. The van der Waals surface area contributed by atoms with Crippen molar-refractivity contribution >= 4 is 19.8 Å². The van der Waals surface area contributed by atoms with Gasteiger partial charge in [-0.1, -0.05) is 173 Å². The molecule has 3 N–H and O–H groups in total. The SMILES string of the molecule is CCCCCCCCCCCCCCCC/C=C/CC/C=C/CCCC(=O)OC[C@@H](COP(=O)(O)OCCN)OC(=O)CCCCCCCCCCC. The first-order valence-corrected chi connectivity index (χ1v) is 23.3. The van der Waals surface area contributed by atoms with E-state index in [0.717, 1.165) is 44.9 Å². The molecule has 53 heavy (non-hydrogen) atoms. The first-order valence-electron chi connectivity index (χ1n) is 21.8. The van der Waals surface area contributed by atoms with Crippen LogP contribution < -0.4 is 5.73 Å². The van der Waals surface area contributed by atoms with E-state index in [0.29, 0.717) is 12.8 Å². The van der Waals surface area contributed by atoms with Crippen LogP contribution in [0.15, 0.2) is 24.3 Å². The summed E-state index contributed by atoms with van der Waals surface area (Å²) < 4.78 is 32.6. The number of allylic oxidation sites excluding steroid dienone is 4. The number of rotatable bonds is 41. The number of ether oxygens (including phenoxy) is 2. The molecule has 9 nitrogen and oxygen atoms in total. The Morgan fingerprint density at radius 2 is 0.962 bits per heavy atom. The van der Waals surface area contributed by atoms with Crippen molar-refractivity contribution in [3.8, 4) is 0 Å². The third kappa shape index (κ3) is 40.0.